The average Bonchev–Trinajstić information content (AvgIpc) is 2.76. The van der Waals surface area contributed by atoms with E-state index in [2.05, 4.69) is 5.32 Å². The Morgan fingerprint density at radius 2 is 1.74 bits per heavy atom. The summed E-state index contributed by atoms with van der Waals surface area (Å²) in [7, 11) is 0. The minimum atomic E-state index is -0.708. The van der Waals surface area contributed by atoms with E-state index in [-0.39, 0.29) is 12.3 Å². The second-order valence-corrected chi connectivity index (χ2v) is 6.98. The quantitative estimate of drug-likeness (QED) is 0.230. The van der Waals surface area contributed by atoms with E-state index in [9.17, 15) is 14.4 Å². The van der Waals surface area contributed by atoms with Gasteiger partial charge in [0.1, 0.15) is 17.9 Å². The van der Waals surface area contributed by atoms with Crippen LogP contribution in [0.4, 0.5) is 0 Å². The number of fused-ring (bicyclic) bond motifs is 3. The minimum Gasteiger partial charge on any atom is -0.456 e. The van der Waals surface area contributed by atoms with Crippen LogP contribution in [-0.2, 0) is 20.9 Å². The van der Waals surface area contributed by atoms with E-state index in [1.165, 1.54) is 19.1 Å². The van der Waals surface area contributed by atoms with Gasteiger partial charge >= 0.3 is 11.6 Å². The van der Waals surface area contributed by atoms with Crippen molar-refractivity contribution >= 4 is 39.7 Å². The van der Waals surface area contributed by atoms with E-state index in [0.717, 1.165) is 16.3 Å². The number of nitrogens with one attached hydrogen (secondary N) is 1. The van der Waals surface area contributed by atoms with Crippen LogP contribution in [0.2, 0.25) is 0 Å². The zero-order valence-electron chi connectivity index (χ0n) is 16.8. The zero-order chi connectivity index (χ0) is 21.8. The molecule has 0 saturated heterocycles. The summed E-state index contributed by atoms with van der Waals surface area (Å²) < 4.78 is 10.8. The molecule has 0 spiro atoms. The average molecular weight is 413 g/mol. The van der Waals surface area contributed by atoms with E-state index in [1.807, 2.05) is 48.5 Å². The molecule has 4 aromatic rings. The Hall–Kier alpha value is -4.19. The van der Waals surface area contributed by atoms with Crippen molar-refractivity contribution in [3.8, 4) is 0 Å². The summed E-state index contributed by atoms with van der Waals surface area (Å²) in [4.78, 5) is 36.3. The van der Waals surface area contributed by atoms with Gasteiger partial charge in [-0.05, 0) is 28.5 Å². The van der Waals surface area contributed by atoms with Crippen LogP contribution in [-0.4, -0.2) is 11.9 Å². The van der Waals surface area contributed by atoms with Gasteiger partial charge in [-0.1, -0.05) is 60.7 Å². The summed E-state index contributed by atoms with van der Waals surface area (Å²) in [6, 6.07) is 21.7. The molecule has 1 amide bonds. The maximum absolute atomic E-state index is 12.7. The van der Waals surface area contributed by atoms with Gasteiger partial charge in [0.25, 0.3) is 0 Å². The molecule has 154 valence electrons. The molecule has 1 N–H and O–H groups in total. The fourth-order valence-electron chi connectivity index (χ4n) is 3.41. The minimum absolute atomic E-state index is 0.0100. The molecule has 0 atom stereocenters. The second kappa shape index (κ2) is 8.67. The van der Waals surface area contributed by atoms with Crippen LogP contribution < -0.4 is 10.9 Å². The highest BCUT2D eigenvalue weighted by Crippen LogP contribution is 2.27. The Morgan fingerprint density at radius 3 is 2.52 bits per heavy atom. The van der Waals surface area contributed by atoms with Crippen LogP contribution in [0.3, 0.4) is 0 Å². The molecule has 6 nitrogen and oxygen atoms in total. The number of rotatable bonds is 5. The van der Waals surface area contributed by atoms with Crippen LogP contribution in [0.5, 0.6) is 0 Å². The lowest BCUT2D eigenvalue weighted by Gasteiger charge is -2.11. The lowest BCUT2D eigenvalue weighted by molar-refractivity contribution is -0.141. The maximum atomic E-state index is 12.7. The monoisotopic (exact) mass is 413 g/mol. The molecule has 0 aliphatic heterocycles. The van der Waals surface area contributed by atoms with E-state index >= 15 is 0 Å². The first-order valence-electron chi connectivity index (χ1n) is 9.67. The number of carbonyl (C=O) groups excluding carboxylic acids is 2. The first kappa shape index (κ1) is 20.1. The van der Waals surface area contributed by atoms with Crippen molar-refractivity contribution in [3.05, 3.63) is 100 Å². The third-order valence-electron chi connectivity index (χ3n) is 4.71. The smallest absolute Gasteiger partial charge is 0.355 e. The standard InChI is InChI=1S/C25H19NO5/c1-16(27)26-21(13-17-7-3-2-4-8-17)25(29)30-15-19-14-23(28)31-22-12-11-18-9-5-6-10-20(18)24(19)22/h2-14H,15H2,1H3,(H,26,27). The Bertz CT molecular complexity index is 1370. The highest BCUT2D eigenvalue weighted by Gasteiger charge is 2.16. The van der Waals surface area contributed by atoms with Gasteiger partial charge in [-0.25, -0.2) is 9.59 Å². The Labute approximate surface area is 177 Å². The largest absolute Gasteiger partial charge is 0.456 e. The lowest BCUT2D eigenvalue weighted by Crippen LogP contribution is -2.26. The number of hydrogen-bond donors (Lipinski definition) is 1. The number of hydrogen-bond acceptors (Lipinski definition) is 5. The third-order valence-corrected chi connectivity index (χ3v) is 4.71. The van der Waals surface area contributed by atoms with Crippen LogP contribution in [0.1, 0.15) is 18.1 Å². The van der Waals surface area contributed by atoms with Crippen molar-refractivity contribution in [2.45, 2.75) is 13.5 Å². The van der Waals surface area contributed by atoms with Gasteiger partial charge in [0.2, 0.25) is 5.91 Å². The van der Waals surface area contributed by atoms with E-state index < -0.39 is 17.5 Å². The van der Waals surface area contributed by atoms with Gasteiger partial charge in [0.05, 0.1) is 0 Å². The molecule has 4 rings (SSSR count). The Morgan fingerprint density at radius 1 is 1.00 bits per heavy atom. The van der Waals surface area contributed by atoms with Gasteiger partial charge in [-0.3, -0.25) is 4.79 Å². The lowest BCUT2D eigenvalue weighted by atomic mass is 10.0. The third kappa shape index (κ3) is 4.53. The normalized spacial score (nSPS) is 11.5. The fourth-order valence-corrected chi connectivity index (χ4v) is 3.41. The first-order chi connectivity index (χ1) is 15.0. The molecule has 0 aliphatic rings. The van der Waals surface area contributed by atoms with Crippen LogP contribution in [0, 0.1) is 0 Å². The van der Waals surface area contributed by atoms with Crippen LogP contribution >= 0.6 is 0 Å². The molecule has 6 heteroatoms. The maximum Gasteiger partial charge on any atom is 0.355 e. The van der Waals surface area contributed by atoms with Crippen molar-refractivity contribution in [3.63, 3.8) is 0 Å². The zero-order valence-corrected chi connectivity index (χ0v) is 16.8. The molecule has 3 aromatic carbocycles. The van der Waals surface area contributed by atoms with Crippen LogP contribution in [0.25, 0.3) is 27.8 Å². The van der Waals surface area contributed by atoms with Gasteiger partial charge in [-0.15, -0.1) is 0 Å². The number of benzene rings is 3. The predicted octanol–water partition coefficient (Wildman–Crippen LogP) is 4.17. The van der Waals surface area contributed by atoms with Gasteiger partial charge in [0.15, 0.2) is 0 Å². The van der Waals surface area contributed by atoms with Crippen molar-refractivity contribution < 1.29 is 18.7 Å². The van der Waals surface area contributed by atoms with E-state index in [0.29, 0.717) is 16.5 Å². The van der Waals surface area contributed by atoms with E-state index in [1.54, 1.807) is 18.2 Å². The summed E-state index contributed by atoms with van der Waals surface area (Å²) >= 11 is 0. The summed E-state index contributed by atoms with van der Waals surface area (Å²) in [5.74, 6) is -1.10. The molecule has 0 unspecified atom stereocenters. The molecule has 0 fully saturated rings. The fraction of sp³-hybridized carbons (Fsp3) is 0.0800. The number of carbonyl (C=O) groups is 2. The number of ether oxygens (including phenoxy) is 1. The summed E-state index contributed by atoms with van der Waals surface area (Å²) in [6.45, 7) is 1.16. The van der Waals surface area contributed by atoms with E-state index in [4.69, 9.17) is 9.15 Å². The first-order valence-corrected chi connectivity index (χ1v) is 9.67. The van der Waals surface area contributed by atoms with Gasteiger partial charge in [-0.2, -0.15) is 0 Å². The molecular weight excluding hydrogens is 394 g/mol. The molecular formula is C25H19NO5. The molecule has 1 aromatic heterocycles. The topological polar surface area (TPSA) is 85.6 Å². The summed E-state index contributed by atoms with van der Waals surface area (Å²) in [5, 5.41) is 5.07. The Kier molecular flexibility index (Phi) is 5.62. The summed E-state index contributed by atoms with van der Waals surface area (Å²) in [6.07, 6.45) is 1.54. The van der Waals surface area contributed by atoms with Crippen molar-refractivity contribution in [2.24, 2.45) is 0 Å². The van der Waals surface area contributed by atoms with Crippen molar-refractivity contribution in [1.82, 2.24) is 5.32 Å². The molecule has 1 heterocycles. The molecule has 0 saturated carbocycles. The van der Waals surface area contributed by atoms with Gasteiger partial charge < -0.3 is 14.5 Å². The molecule has 0 aliphatic carbocycles. The number of amides is 1. The molecule has 31 heavy (non-hydrogen) atoms. The van der Waals surface area contributed by atoms with Gasteiger partial charge in [0, 0.05) is 23.9 Å². The molecule has 0 bridgehead atoms. The second-order valence-electron chi connectivity index (χ2n) is 6.98. The predicted molar refractivity (Wildman–Crippen MR) is 118 cm³/mol. The summed E-state index contributed by atoms with van der Waals surface area (Å²) in [5.41, 5.74) is 1.16. The van der Waals surface area contributed by atoms with Crippen molar-refractivity contribution in [2.75, 3.05) is 0 Å². The number of esters is 1. The highest BCUT2D eigenvalue weighted by atomic mass is 16.5. The SMILES string of the molecule is CC(=O)NC(=Cc1ccccc1)C(=O)OCc1cc(=O)oc2ccc3ccccc3c12. The molecule has 0 radical (unpaired) electrons. The Balaban J connectivity index is 1.68. The highest BCUT2D eigenvalue weighted by molar-refractivity contribution is 6.07. The van der Waals surface area contributed by atoms with Crippen LogP contribution in [0.15, 0.2) is 87.7 Å². The van der Waals surface area contributed by atoms with Crippen molar-refractivity contribution in [1.29, 1.82) is 0 Å².